The zero-order valence-corrected chi connectivity index (χ0v) is 16.6. The summed E-state index contributed by atoms with van der Waals surface area (Å²) >= 11 is 0. The van der Waals surface area contributed by atoms with Gasteiger partial charge in [-0.3, -0.25) is 4.79 Å². The summed E-state index contributed by atoms with van der Waals surface area (Å²) in [7, 11) is 0. The molecule has 1 saturated carbocycles. The van der Waals surface area contributed by atoms with Gasteiger partial charge in [0, 0.05) is 17.9 Å². The van der Waals surface area contributed by atoms with Crippen molar-refractivity contribution in [2.45, 2.75) is 44.2 Å². The molecule has 0 bridgehead atoms. The maximum Gasteiger partial charge on any atom is 0.416 e. The van der Waals surface area contributed by atoms with E-state index in [2.05, 4.69) is 16.0 Å². The Bertz CT molecular complexity index is 922. The van der Waals surface area contributed by atoms with Crippen molar-refractivity contribution in [3.05, 3.63) is 59.7 Å². The fourth-order valence-electron chi connectivity index (χ4n) is 3.88. The number of halogens is 3. The van der Waals surface area contributed by atoms with Crippen molar-refractivity contribution in [3.63, 3.8) is 0 Å². The second-order valence-electron chi connectivity index (χ2n) is 7.39. The molecule has 160 valence electrons. The summed E-state index contributed by atoms with van der Waals surface area (Å²) in [4.78, 5) is 24.9. The summed E-state index contributed by atoms with van der Waals surface area (Å²) in [6, 6.07) is 11.3. The van der Waals surface area contributed by atoms with E-state index in [-0.39, 0.29) is 11.9 Å². The molecule has 3 N–H and O–H groups in total. The molecule has 30 heavy (non-hydrogen) atoms. The molecule has 0 radical (unpaired) electrons. The Morgan fingerprint density at radius 1 is 0.967 bits per heavy atom. The molecule has 0 unspecified atom stereocenters. The zero-order chi connectivity index (χ0) is 21.8. The fourth-order valence-corrected chi connectivity index (χ4v) is 3.88. The van der Waals surface area contributed by atoms with E-state index in [1.165, 1.54) is 6.07 Å². The van der Waals surface area contributed by atoms with Crippen LogP contribution in [-0.4, -0.2) is 18.5 Å². The number of alkyl halides is 3. The molecule has 2 aromatic carbocycles. The van der Waals surface area contributed by atoms with Crippen LogP contribution in [0.1, 0.15) is 43.7 Å². The van der Waals surface area contributed by atoms with Crippen LogP contribution in [0.5, 0.6) is 0 Å². The van der Waals surface area contributed by atoms with Gasteiger partial charge >= 0.3 is 12.2 Å². The van der Waals surface area contributed by atoms with Crippen LogP contribution in [0.4, 0.5) is 29.3 Å². The number of carbonyl (C=O) groups excluding carboxylic acids is 2. The molecular formula is C22H24F3N3O2. The SMILES string of the molecule is CCNC(=O)Nc1cccc(NC(=O)C2(c3cccc(C(F)(F)F)c3)CCCC2)c1. The van der Waals surface area contributed by atoms with Gasteiger partial charge < -0.3 is 16.0 Å². The van der Waals surface area contributed by atoms with Gasteiger partial charge in [0.1, 0.15) is 0 Å². The normalized spacial score (nSPS) is 15.5. The number of nitrogens with one attached hydrogen (secondary N) is 3. The first kappa shape index (κ1) is 21.7. The molecule has 0 aliphatic heterocycles. The maximum atomic E-state index is 13.2. The highest BCUT2D eigenvalue weighted by atomic mass is 19.4. The van der Waals surface area contributed by atoms with Gasteiger partial charge in [-0.1, -0.05) is 37.1 Å². The molecule has 0 saturated heterocycles. The van der Waals surface area contributed by atoms with Crippen molar-refractivity contribution in [1.82, 2.24) is 5.32 Å². The van der Waals surface area contributed by atoms with Gasteiger partial charge in [-0.2, -0.15) is 13.2 Å². The maximum absolute atomic E-state index is 13.2. The van der Waals surface area contributed by atoms with E-state index in [0.717, 1.165) is 25.0 Å². The van der Waals surface area contributed by atoms with Crippen molar-refractivity contribution < 1.29 is 22.8 Å². The predicted octanol–water partition coefficient (Wildman–Crippen LogP) is 5.30. The third kappa shape index (κ3) is 4.75. The van der Waals surface area contributed by atoms with Crippen molar-refractivity contribution in [2.24, 2.45) is 0 Å². The minimum atomic E-state index is -4.47. The lowest BCUT2D eigenvalue weighted by atomic mass is 9.77. The molecule has 0 aromatic heterocycles. The van der Waals surface area contributed by atoms with Crippen molar-refractivity contribution in [2.75, 3.05) is 17.2 Å². The Kier molecular flexibility index (Phi) is 6.34. The molecular weight excluding hydrogens is 395 g/mol. The van der Waals surface area contributed by atoms with E-state index in [0.29, 0.717) is 36.3 Å². The highest BCUT2D eigenvalue weighted by Crippen LogP contribution is 2.43. The van der Waals surface area contributed by atoms with Gasteiger partial charge in [-0.25, -0.2) is 4.79 Å². The Hall–Kier alpha value is -3.03. The standard InChI is InChI=1S/C22H24F3N3O2/c1-2-26-20(30)28-18-10-6-9-17(14-18)27-19(29)21(11-3-4-12-21)15-7-5-8-16(13-15)22(23,24)25/h5-10,13-14H,2-4,11-12H2,1H3,(H,27,29)(H2,26,28,30). The van der Waals surface area contributed by atoms with E-state index in [9.17, 15) is 22.8 Å². The lowest BCUT2D eigenvalue weighted by molar-refractivity contribution is -0.137. The molecule has 0 atom stereocenters. The van der Waals surface area contributed by atoms with Gasteiger partial charge in [0.05, 0.1) is 11.0 Å². The first-order valence-corrected chi connectivity index (χ1v) is 9.89. The number of carbonyl (C=O) groups is 2. The molecule has 1 aliphatic rings. The molecule has 8 heteroatoms. The van der Waals surface area contributed by atoms with E-state index < -0.39 is 17.2 Å². The molecule has 0 spiro atoms. The van der Waals surface area contributed by atoms with Gasteiger partial charge in [0.2, 0.25) is 5.91 Å². The summed E-state index contributed by atoms with van der Waals surface area (Å²) in [6.07, 6.45) is -1.97. The van der Waals surface area contributed by atoms with Gasteiger partial charge in [-0.05, 0) is 49.6 Å². The Balaban J connectivity index is 1.84. The summed E-state index contributed by atoms with van der Waals surface area (Å²) in [6.45, 7) is 2.27. The topological polar surface area (TPSA) is 70.2 Å². The van der Waals surface area contributed by atoms with Gasteiger partial charge in [-0.15, -0.1) is 0 Å². The number of benzene rings is 2. The van der Waals surface area contributed by atoms with Gasteiger partial charge in [0.15, 0.2) is 0 Å². The number of hydrogen-bond donors (Lipinski definition) is 3. The monoisotopic (exact) mass is 419 g/mol. The number of amides is 3. The van der Waals surface area contributed by atoms with E-state index in [4.69, 9.17) is 0 Å². The van der Waals surface area contributed by atoms with E-state index in [1.807, 2.05) is 0 Å². The second-order valence-corrected chi connectivity index (χ2v) is 7.39. The molecule has 0 heterocycles. The van der Waals surface area contributed by atoms with E-state index in [1.54, 1.807) is 37.3 Å². The third-order valence-corrected chi connectivity index (χ3v) is 5.35. The molecule has 5 nitrogen and oxygen atoms in total. The molecule has 3 amide bonds. The van der Waals surface area contributed by atoms with E-state index >= 15 is 0 Å². The van der Waals surface area contributed by atoms with Crippen molar-refractivity contribution in [3.8, 4) is 0 Å². The summed E-state index contributed by atoms with van der Waals surface area (Å²) < 4.78 is 39.6. The van der Waals surface area contributed by atoms with Crippen LogP contribution in [0.25, 0.3) is 0 Å². The first-order chi connectivity index (χ1) is 14.2. The Labute approximate surface area is 173 Å². The quantitative estimate of drug-likeness (QED) is 0.616. The van der Waals surface area contributed by atoms with Crippen LogP contribution in [0.2, 0.25) is 0 Å². The lowest BCUT2D eigenvalue weighted by Crippen LogP contribution is -2.38. The van der Waals surface area contributed by atoms with Crippen LogP contribution in [0.3, 0.4) is 0 Å². The molecule has 1 fully saturated rings. The van der Waals surface area contributed by atoms with Crippen LogP contribution in [0, 0.1) is 0 Å². The average Bonchev–Trinajstić information content (AvgIpc) is 3.19. The Morgan fingerprint density at radius 2 is 1.60 bits per heavy atom. The third-order valence-electron chi connectivity index (χ3n) is 5.35. The molecule has 3 rings (SSSR count). The minimum Gasteiger partial charge on any atom is -0.338 e. The summed E-state index contributed by atoms with van der Waals surface area (Å²) in [5, 5.41) is 8.11. The lowest BCUT2D eigenvalue weighted by Gasteiger charge is -2.29. The van der Waals surface area contributed by atoms with Crippen LogP contribution in [-0.2, 0) is 16.4 Å². The Morgan fingerprint density at radius 3 is 2.23 bits per heavy atom. The van der Waals surface area contributed by atoms with Crippen LogP contribution >= 0.6 is 0 Å². The smallest absolute Gasteiger partial charge is 0.338 e. The molecule has 1 aliphatic carbocycles. The van der Waals surface area contributed by atoms with Gasteiger partial charge in [0.25, 0.3) is 0 Å². The molecule has 2 aromatic rings. The second kappa shape index (κ2) is 8.77. The van der Waals surface area contributed by atoms with Crippen LogP contribution in [0.15, 0.2) is 48.5 Å². The number of urea groups is 1. The van der Waals surface area contributed by atoms with Crippen molar-refractivity contribution >= 4 is 23.3 Å². The average molecular weight is 419 g/mol. The number of anilines is 2. The zero-order valence-electron chi connectivity index (χ0n) is 16.6. The minimum absolute atomic E-state index is 0.338. The van der Waals surface area contributed by atoms with Crippen LogP contribution < -0.4 is 16.0 Å². The highest BCUT2D eigenvalue weighted by molar-refractivity contribution is 6.00. The predicted molar refractivity (Wildman–Crippen MR) is 109 cm³/mol. The highest BCUT2D eigenvalue weighted by Gasteiger charge is 2.44. The largest absolute Gasteiger partial charge is 0.416 e. The summed E-state index contributed by atoms with van der Waals surface area (Å²) in [5.41, 5.74) is -0.424. The number of hydrogen-bond acceptors (Lipinski definition) is 2. The summed E-state index contributed by atoms with van der Waals surface area (Å²) in [5.74, 6) is -0.338. The first-order valence-electron chi connectivity index (χ1n) is 9.89. The van der Waals surface area contributed by atoms with Crippen molar-refractivity contribution in [1.29, 1.82) is 0 Å². The number of rotatable bonds is 5. The fraction of sp³-hybridized carbons (Fsp3) is 0.364.